The van der Waals surface area contributed by atoms with E-state index in [1.807, 2.05) is 0 Å². The third-order valence-electron chi connectivity index (χ3n) is 3.84. The van der Waals surface area contributed by atoms with Gasteiger partial charge in [0.25, 0.3) is 0 Å². The van der Waals surface area contributed by atoms with E-state index in [4.69, 9.17) is 4.74 Å². The first kappa shape index (κ1) is 18.8. The lowest BCUT2D eigenvalue weighted by atomic mass is 9.96. The summed E-state index contributed by atoms with van der Waals surface area (Å²) in [4.78, 5) is 11.1. The number of hydrogen-bond donors (Lipinski definition) is 2. The topological polar surface area (TPSA) is 58.6 Å². The number of halogens is 1. The Labute approximate surface area is 147 Å². The Hall–Kier alpha value is -2.56. The van der Waals surface area contributed by atoms with Gasteiger partial charge in [-0.15, -0.1) is 0 Å². The Balaban J connectivity index is 2.34. The minimum Gasteiger partial charge on any atom is -0.504 e. The number of amides is 1. The van der Waals surface area contributed by atoms with Crippen molar-refractivity contribution in [2.75, 3.05) is 13.2 Å². The maximum Gasteiger partial charge on any atom is 0.216 e. The lowest BCUT2D eigenvalue weighted by Gasteiger charge is -2.15. The van der Waals surface area contributed by atoms with E-state index < -0.39 is 0 Å². The van der Waals surface area contributed by atoms with Crippen molar-refractivity contribution in [3.63, 3.8) is 0 Å². The van der Waals surface area contributed by atoms with Gasteiger partial charge < -0.3 is 15.2 Å². The Morgan fingerprint density at radius 3 is 2.76 bits per heavy atom. The molecule has 2 rings (SSSR count). The van der Waals surface area contributed by atoms with Gasteiger partial charge in [-0.05, 0) is 53.8 Å². The Kier molecular flexibility index (Phi) is 6.81. The van der Waals surface area contributed by atoms with Crippen molar-refractivity contribution in [1.82, 2.24) is 5.32 Å². The van der Waals surface area contributed by atoms with Crippen LogP contribution in [0.4, 0.5) is 4.39 Å². The molecule has 0 aromatic heterocycles. The van der Waals surface area contributed by atoms with Gasteiger partial charge in [0.2, 0.25) is 5.91 Å². The van der Waals surface area contributed by atoms with Gasteiger partial charge in [0.05, 0.1) is 6.61 Å². The summed E-state index contributed by atoms with van der Waals surface area (Å²) in [6, 6.07) is 9.59. The highest BCUT2D eigenvalue weighted by atomic mass is 19.1. The minimum atomic E-state index is -0.340. The molecule has 25 heavy (non-hydrogen) atoms. The van der Waals surface area contributed by atoms with Gasteiger partial charge in [0.1, 0.15) is 5.82 Å². The van der Waals surface area contributed by atoms with Gasteiger partial charge in [-0.2, -0.15) is 0 Å². The zero-order chi connectivity index (χ0) is 18.2. The smallest absolute Gasteiger partial charge is 0.216 e. The van der Waals surface area contributed by atoms with Crippen LogP contribution in [0.3, 0.4) is 0 Å². The van der Waals surface area contributed by atoms with Gasteiger partial charge in [0, 0.05) is 13.5 Å². The second kappa shape index (κ2) is 9.06. The average Bonchev–Trinajstić information content (AvgIpc) is 2.57. The molecule has 0 fully saturated rings. The van der Waals surface area contributed by atoms with Gasteiger partial charge in [-0.3, -0.25) is 4.79 Å². The van der Waals surface area contributed by atoms with E-state index in [1.165, 1.54) is 19.1 Å². The molecular weight excluding hydrogens is 321 g/mol. The molecule has 2 aromatic carbocycles. The SMILES string of the molecule is CCCCOc1cc(CCNC(C)=O)c(-c2cccc(F)c2)cc1O. The number of carbonyl (C=O) groups is 1. The van der Waals surface area contributed by atoms with Crippen molar-refractivity contribution in [2.45, 2.75) is 33.1 Å². The van der Waals surface area contributed by atoms with Crippen molar-refractivity contribution < 1.29 is 19.0 Å². The highest BCUT2D eigenvalue weighted by molar-refractivity contribution is 5.73. The molecule has 0 aliphatic rings. The summed E-state index contributed by atoms with van der Waals surface area (Å²) >= 11 is 0. The molecular formula is C20H24FNO3. The molecule has 0 radical (unpaired) electrons. The molecule has 4 nitrogen and oxygen atoms in total. The highest BCUT2D eigenvalue weighted by Gasteiger charge is 2.13. The maximum atomic E-state index is 13.6. The number of unbranched alkanes of at least 4 members (excludes halogenated alkanes) is 1. The number of hydrogen-bond acceptors (Lipinski definition) is 3. The summed E-state index contributed by atoms with van der Waals surface area (Å²) in [7, 11) is 0. The van der Waals surface area contributed by atoms with Crippen LogP contribution < -0.4 is 10.1 Å². The zero-order valence-corrected chi connectivity index (χ0v) is 14.6. The monoisotopic (exact) mass is 345 g/mol. The molecule has 0 aliphatic carbocycles. The Bertz CT molecular complexity index is 731. The van der Waals surface area contributed by atoms with Crippen LogP contribution in [0.5, 0.6) is 11.5 Å². The molecule has 0 saturated heterocycles. The standard InChI is InChI=1S/C20H24FNO3/c1-3-4-10-25-20-12-16(8-9-22-14(2)23)18(13-19(20)24)15-6-5-7-17(21)11-15/h5-7,11-13,24H,3-4,8-10H2,1-2H3,(H,22,23). The average molecular weight is 345 g/mol. The molecule has 1 amide bonds. The fraction of sp³-hybridized carbons (Fsp3) is 0.350. The molecule has 0 aliphatic heterocycles. The number of rotatable bonds is 8. The molecule has 0 atom stereocenters. The molecule has 0 spiro atoms. The zero-order valence-electron chi connectivity index (χ0n) is 14.6. The molecule has 5 heteroatoms. The lowest BCUT2D eigenvalue weighted by molar-refractivity contribution is -0.118. The quantitative estimate of drug-likeness (QED) is 0.710. The summed E-state index contributed by atoms with van der Waals surface area (Å²) in [5.74, 6) is -0.0105. The summed E-state index contributed by atoms with van der Waals surface area (Å²) in [5, 5.41) is 13.0. The number of benzene rings is 2. The number of carbonyl (C=O) groups excluding carboxylic acids is 1. The summed E-state index contributed by atoms with van der Waals surface area (Å²) < 4.78 is 19.2. The Morgan fingerprint density at radius 1 is 1.28 bits per heavy atom. The third-order valence-corrected chi connectivity index (χ3v) is 3.84. The number of phenolic OH excluding ortho intramolecular Hbond substituents is 1. The summed E-state index contributed by atoms with van der Waals surface area (Å²) in [6.07, 6.45) is 2.44. The van der Waals surface area contributed by atoms with Crippen LogP contribution in [-0.4, -0.2) is 24.2 Å². The third kappa shape index (κ3) is 5.48. The molecule has 0 saturated carbocycles. The highest BCUT2D eigenvalue weighted by Crippen LogP contribution is 2.35. The first-order valence-electron chi connectivity index (χ1n) is 8.50. The predicted octanol–water partition coefficient (Wildman–Crippen LogP) is 4.06. The van der Waals surface area contributed by atoms with Crippen LogP contribution in [0, 0.1) is 5.82 Å². The van der Waals surface area contributed by atoms with Crippen molar-refractivity contribution in [3.8, 4) is 22.6 Å². The largest absolute Gasteiger partial charge is 0.504 e. The van der Waals surface area contributed by atoms with E-state index in [0.717, 1.165) is 24.0 Å². The normalized spacial score (nSPS) is 10.5. The van der Waals surface area contributed by atoms with Gasteiger partial charge in [-0.1, -0.05) is 25.5 Å². The van der Waals surface area contributed by atoms with E-state index >= 15 is 0 Å². The van der Waals surface area contributed by atoms with Crippen LogP contribution in [0.15, 0.2) is 36.4 Å². The molecule has 0 unspecified atom stereocenters. The lowest BCUT2D eigenvalue weighted by Crippen LogP contribution is -2.22. The van der Waals surface area contributed by atoms with Crippen molar-refractivity contribution >= 4 is 5.91 Å². The second-order valence-electron chi connectivity index (χ2n) is 5.92. The number of aromatic hydroxyl groups is 1. The van der Waals surface area contributed by atoms with Crippen LogP contribution in [0.25, 0.3) is 11.1 Å². The summed E-state index contributed by atoms with van der Waals surface area (Å²) in [6.45, 7) is 4.50. The Morgan fingerprint density at radius 2 is 2.08 bits per heavy atom. The molecule has 2 N–H and O–H groups in total. The fourth-order valence-corrected chi connectivity index (χ4v) is 2.56. The fourth-order valence-electron chi connectivity index (χ4n) is 2.56. The van der Waals surface area contributed by atoms with E-state index in [-0.39, 0.29) is 17.5 Å². The van der Waals surface area contributed by atoms with Crippen LogP contribution >= 0.6 is 0 Å². The van der Waals surface area contributed by atoms with Gasteiger partial charge in [-0.25, -0.2) is 4.39 Å². The van der Waals surface area contributed by atoms with Crippen molar-refractivity contribution in [1.29, 1.82) is 0 Å². The number of phenols is 1. The predicted molar refractivity (Wildman–Crippen MR) is 96.3 cm³/mol. The first-order valence-corrected chi connectivity index (χ1v) is 8.50. The first-order chi connectivity index (χ1) is 12.0. The van der Waals surface area contributed by atoms with Crippen LogP contribution in [0.2, 0.25) is 0 Å². The number of ether oxygens (including phenoxy) is 1. The summed E-state index contributed by atoms with van der Waals surface area (Å²) in [5.41, 5.74) is 2.28. The second-order valence-corrected chi connectivity index (χ2v) is 5.92. The molecule has 0 bridgehead atoms. The van der Waals surface area contributed by atoms with Gasteiger partial charge >= 0.3 is 0 Å². The van der Waals surface area contributed by atoms with E-state index in [2.05, 4.69) is 12.2 Å². The maximum absolute atomic E-state index is 13.6. The van der Waals surface area contributed by atoms with E-state index in [9.17, 15) is 14.3 Å². The van der Waals surface area contributed by atoms with Crippen LogP contribution in [0.1, 0.15) is 32.3 Å². The molecule has 0 heterocycles. The van der Waals surface area contributed by atoms with E-state index in [1.54, 1.807) is 24.3 Å². The van der Waals surface area contributed by atoms with Crippen molar-refractivity contribution in [3.05, 3.63) is 47.8 Å². The number of nitrogens with one attached hydrogen (secondary N) is 1. The van der Waals surface area contributed by atoms with Crippen molar-refractivity contribution in [2.24, 2.45) is 0 Å². The molecule has 2 aromatic rings. The van der Waals surface area contributed by atoms with E-state index in [0.29, 0.717) is 30.9 Å². The minimum absolute atomic E-state index is 0.0265. The van der Waals surface area contributed by atoms with Gasteiger partial charge in [0.15, 0.2) is 11.5 Å². The van der Waals surface area contributed by atoms with Crippen LogP contribution in [-0.2, 0) is 11.2 Å². The molecule has 134 valence electrons.